The molecule has 2 saturated carbocycles. The summed E-state index contributed by atoms with van der Waals surface area (Å²) in [5, 5.41) is 0. The largest absolute Gasteiger partial charge is 0.468 e. The van der Waals surface area contributed by atoms with Gasteiger partial charge in [-0.15, -0.1) is 0 Å². The van der Waals surface area contributed by atoms with E-state index in [-0.39, 0.29) is 0 Å². The molecule has 3 aliphatic rings. The van der Waals surface area contributed by atoms with E-state index < -0.39 is 0 Å². The van der Waals surface area contributed by atoms with Crippen LogP contribution in [0.2, 0.25) is 0 Å². The number of ether oxygens (including phenoxy) is 4. The Morgan fingerprint density at radius 3 is 2.69 bits per heavy atom. The average Bonchev–Trinajstić information content (AvgIpc) is 3.00. The van der Waals surface area contributed by atoms with Crippen LogP contribution in [0.5, 0.6) is 5.75 Å². The number of hydrogen-bond donors (Lipinski definition) is 0. The molecule has 0 heterocycles. The fraction of sp³-hybridized carbons (Fsp3) is 0.727. The maximum Gasteiger partial charge on any atom is 0.188 e. The first-order valence-corrected chi connectivity index (χ1v) is 10.0. The molecule has 144 valence electrons. The second kappa shape index (κ2) is 7.49. The lowest BCUT2D eigenvalue weighted by molar-refractivity contribution is -0.125. The minimum Gasteiger partial charge on any atom is -0.468 e. The monoisotopic (exact) mass is 360 g/mol. The first-order valence-electron chi connectivity index (χ1n) is 10.0. The quantitative estimate of drug-likeness (QED) is 0.699. The third-order valence-corrected chi connectivity index (χ3v) is 7.34. The normalized spacial score (nSPS) is 35.5. The zero-order chi connectivity index (χ0) is 18.1. The third-order valence-electron chi connectivity index (χ3n) is 7.34. The molecule has 2 unspecified atom stereocenters. The van der Waals surface area contributed by atoms with Gasteiger partial charge in [-0.2, -0.15) is 0 Å². The first kappa shape index (κ1) is 18.3. The van der Waals surface area contributed by atoms with Gasteiger partial charge in [0.15, 0.2) is 6.79 Å². The van der Waals surface area contributed by atoms with Crippen molar-refractivity contribution in [3.8, 4) is 5.75 Å². The van der Waals surface area contributed by atoms with Crippen molar-refractivity contribution < 1.29 is 18.9 Å². The first-order chi connectivity index (χ1) is 12.7. The summed E-state index contributed by atoms with van der Waals surface area (Å²) >= 11 is 0. The Morgan fingerprint density at radius 2 is 1.88 bits per heavy atom. The maximum absolute atomic E-state index is 6.08. The zero-order valence-electron chi connectivity index (χ0n) is 16.3. The van der Waals surface area contributed by atoms with Crippen LogP contribution in [0.1, 0.15) is 56.1 Å². The Bertz CT molecular complexity index is 631. The Morgan fingerprint density at radius 1 is 1.04 bits per heavy atom. The molecule has 4 nitrogen and oxygen atoms in total. The van der Waals surface area contributed by atoms with Crippen LogP contribution in [0.25, 0.3) is 0 Å². The molecular formula is C22H32O4. The van der Waals surface area contributed by atoms with Crippen molar-refractivity contribution in [3.63, 3.8) is 0 Å². The smallest absolute Gasteiger partial charge is 0.188 e. The van der Waals surface area contributed by atoms with Gasteiger partial charge in [0.25, 0.3) is 0 Å². The standard InChI is InChI=1S/C22H32O4/c1-22-11-10-18-17-7-5-16(25-13-23-2)12-15(17)4-6-19(18)20(22)8-9-21(22)26-14-24-3/h5,7,12,18-21H,4,6,8-11,13-14H2,1-3H3/t18?,19-,20?,21+,22+/m1/s1. The highest BCUT2D eigenvalue weighted by molar-refractivity contribution is 5.40. The van der Waals surface area contributed by atoms with Gasteiger partial charge in [-0.25, -0.2) is 0 Å². The number of aryl methyl sites for hydroxylation is 1. The van der Waals surface area contributed by atoms with Gasteiger partial charge in [0.1, 0.15) is 12.5 Å². The van der Waals surface area contributed by atoms with Gasteiger partial charge in [-0.1, -0.05) is 13.0 Å². The van der Waals surface area contributed by atoms with Gasteiger partial charge in [-0.05, 0) is 85.0 Å². The summed E-state index contributed by atoms with van der Waals surface area (Å²) in [6.07, 6.45) is 7.84. The van der Waals surface area contributed by atoms with E-state index in [0.717, 1.165) is 24.0 Å². The highest BCUT2D eigenvalue weighted by Crippen LogP contribution is 2.61. The van der Waals surface area contributed by atoms with Crippen molar-refractivity contribution in [2.75, 3.05) is 27.8 Å². The van der Waals surface area contributed by atoms with Crippen LogP contribution in [-0.2, 0) is 20.6 Å². The molecule has 4 heteroatoms. The SMILES string of the molecule is COCOc1ccc2c(c1)CC[C@@H]1C2CC[C@@]2(C)C1CC[C@@H]2OCOC. The molecule has 0 N–H and O–H groups in total. The van der Waals surface area contributed by atoms with Crippen molar-refractivity contribution in [2.24, 2.45) is 17.3 Å². The third kappa shape index (κ3) is 3.06. The Labute approximate surface area is 157 Å². The molecule has 4 rings (SSSR count). The van der Waals surface area contributed by atoms with Crippen LogP contribution < -0.4 is 4.74 Å². The van der Waals surface area contributed by atoms with Crippen LogP contribution in [0.3, 0.4) is 0 Å². The molecule has 0 radical (unpaired) electrons. The number of rotatable bonds is 6. The summed E-state index contributed by atoms with van der Waals surface area (Å²) in [5.74, 6) is 3.21. The lowest BCUT2D eigenvalue weighted by Crippen LogP contribution is -2.44. The van der Waals surface area contributed by atoms with Crippen molar-refractivity contribution >= 4 is 0 Å². The summed E-state index contributed by atoms with van der Waals surface area (Å²) in [6, 6.07) is 6.67. The van der Waals surface area contributed by atoms with Crippen LogP contribution >= 0.6 is 0 Å². The predicted molar refractivity (Wildman–Crippen MR) is 100 cm³/mol. The lowest BCUT2D eigenvalue weighted by Gasteiger charge is -2.50. The molecule has 26 heavy (non-hydrogen) atoms. The summed E-state index contributed by atoms with van der Waals surface area (Å²) in [7, 11) is 3.38. The van der Waals surface area contributed by atoms with E-state index in [0.29, 0.717) is 31.0 Å². The molecule has 0 amide bonds. The van der Waals surface area contributed by atoms with E-state index in [1.54, 1.807) is 19.8 Å². The maximum atomic E-state index is 6.08. The minimum absolute atomic E-state index is 0.314. The predicted octanol–water partition coefficient (Wildman–Crippen LogP) is 4.51. The molecular weight excluding hydrogens is 328 g/mol. The molecule has 0 aliphatic heterocycles. The topological polar surface area (TPSA) is 36.9 Å². The van der Waals surface area contributed by atoms with E-state index in [4.69, 9.17) is 18.9 Å². The second-order valence-electron chi connectivity index (χ2n) is 8.51. The fourth-order valence-corrected chi connectivity index (χ4v) is 6.15. The second-order valence-corrected chi connectivity index (χ2v) is 8.51. The average molecular weight is 360 g/mol. The molecule has 0 aromatic heterocycles. The summed E-state index contributed by atoms with van der Waals surface area (Å²) in [5.41, 5.74) is 3.36. The van der Waals surface area contributed by atoms with Crippen molar-refractivity contribution in [2.45, 2.75) is 57.5 Å². The highest BCUT2D eigenvalue weighted by atomic mass is 16.7. The Hall–Kier alpha value is -1.10. The molecule has 0 bridgehead atoms. The fourth-order valence-electron chi connectivity index (χ4n) is 6.15. The van der Waals surface area contributed by atoms with Gasteiger partial charge in [0, 0.05) is 14.2 Å². The summed E-state index contributed by atoms with van der Waals surface area (Å²) < 4.78 is 21.9. The summed E-state index contributed by atoms with van der Waals surface area (Å²) in [4.78, 5) is 0. The number of benzene rings is 1. The van der Waals surface area contributed by atoms with Gasteiger partial charge >= 0.3 is 0 Å². The summed E-state index contributed by atoms with van der Waals surface area (Å²) in [6.45, 7) is 3.21. The van der Waals surface area contributed by atoms with Gasteiger partial charge in [-0.3, -0.25) is 0 Å². The number of fused-ring (bicyclic) bond motifs is 5. The highest BCUT2D eigenvalue weighted by Gasteiger charge is 2.55. The van der Waals surface area contributed by atoms with Crippen LogP contribution in [0, 0.1) is 17.3 Å². The van der Waals surface area contributed by atoms with Gasteiger partial charge in [0.2, 0.25) is 0 Å². The van der Waals surface area contributed by atoms with Crippen molar-refractivity contribution in [1.29, 1.82) is 0 Å². The molecule has 2 fully saturated rings. The van der Waals surface area contributed by atoms with E-state index in [1.165, 1.54) is 37.7 Å². The van der Waals surface area contributed by atoms with Crippen molar-refractivity contribution in [1.82, 2.24) is 0 Å². The molecule has 0 saturated heterocycles. The van der Waals surface area contributed by atoms with E-state index in [9.17, 15) is 0 Å². The lowest BCUT2D eigenvalue weighted by atomic mass is 9.55. The molecule has 3 aliphatic carbocycles. The number of methoxy groups -OCH3 is 2. The molecule has 0 spiro atoms. The number of hydrogen-bond acceptors (Lipinski definition) is 4. The van der Waals surface area contributed by atoms with Crippen LogP contribution in [0.15, 0.2) is 18.2 Å². The Kier molecular flexibility index (Phi) is 5.27. The minimum atomic E-state index is 0.314. The van der Waals surface area contributed by atoms with Gasteiger partial charge in [0.05, 0.1) is 6.10 Å². The van der Waals surface area contributed by atoms with E-state index in [2.05, 4.69) is 25.1 Å². The van der Waals surface area contributed by atoms with Gasteiger partial charge < -0.3 is 18.9 Å². The van der Waals surface area contributed by atoms with Crippen molar-refractivity contribution in [3.05, 3.63) is 29.3 Å². The molecule has 5 atom stereocenters. The van der Waals surface area contributed by atoms with E-state index >= 15 is 0 Å². The molecule has 1 aromatic rings. The zero-order valence-corrected chi connectivity index (χ0v) is 16.3. The van der Waals surface area contributed by atoms with Crippen LogP contribution in [-0.4, -0.2) is 33.9 Å². The van der Waals surface area contributed by atoms with Crippen LogP contribution in [0.4, 0.5) is 0 Å². The molecule has 1 aromatic carbocycles. The van der Waals surface area contributed by atoms with E-state index in [1.807, 2.05) is 0 Å². The Balaban J connectivity index is 1.53.